The van der Waals surface area contributed by atoms with E-state index in [2.05, 4.69) is 10.6 Å². The highest BCUT2D eigenvalue weighted by Gasteiger charge is 2.55. The molecule has 2 N–H and O–H groups in total. The minimum absolute atomic E-state index is 0. The molecule has 0 radical (unpaired) electrons. The monoisotopic (exact) mass is 378 g/mol. The minimum atomic E-state index is -0.997. The van der Waals surface area contributed by atoms with E-state index in [1.54, 1.807) is 4.90 Å². The largest absolute Gasteiger partial charge is 0.336 e. The Balaban J connectivity index is 0.00000196. The minimum Gasteiger partial charge on any atom is -0.336 e. The molecule has 0 aromatic heterocycles. The van der Waals surface area contributed by atoms with Gasteiger partial charge in [-0.1, -0.05) is 24.3 Å². The molecule has 1 unspecified atom stereocenters. The van der Waals surface area contributed by atoms with E-state index in [4.69, 9.17) is 0 Å². The Labute approximate surface area is 158 Å². The lowest BCUT2D eigenvalue weighted by Gasteiger charge is -2.34. The lowest BCUT2D eigenvalue weighted by atomic mass is 9.92. The van der Waals surface area contributed by atoms with E-state index in [-0.39, 0.29) is 36.8 Å². The molecular weight excluding hydrogens is 356 g/mol. The van der Waals surface area contributed by atoms with Crippen LogP contribution in [0.5, 0.6) is 0 Å². The number of urea groups is 1. The van der Waals surface area contributed by atoms with Crippen LogP contribution in [-0.4, -0.2) is 59.9 Å². The lowest BCUT2D eigenvalue weighted by molar-refractivity contribution is -0.140. The second-order valence-corrected chi connectivity index (χ2v) is 7.02. The highest BCUT2D eigenvalue weighted by atomic mass is 35.5. The van der Waals surface area contributed by atoms with Gasteiger partial charge >= 0.3 is 6.03 Å². The predicted octanol–water partition coefficient (Wildman–Crippen LogP) is 0.622. The van der Waals surface area contributed by atoms with Crippen molar-refractivity contribution in [1.82, 2.24) is 20.4 Å². The zero-order chi connectivity index (χ0) is 17.6. The summed E-state index contributed by atoms with van der Waals surface area (Å²) in [6.45, 7) is 3.82. The van der Waals surface area contributed by atoms with Crippen LogP contribution in [0.15, 0.2) is 24.3 Å². The molecule has 2 fully saturated rings. The first-order valence-corrected chi connectivity index (χ1v) is 8.75. The van der Waals surface area contributed by atoms with Gasteiger partial charge < -0.3 is 15.5 Å². The number of amides is 4. The number of aryl methyl sites for hydroxylation is 1. The van der Waals surface area contributed by atoms with Crippen molar-refractivity contribution in [1.29, 1.82) is 0 Å². The van der Waals surface area contributed by atoms with Crippen molar-refractivity contribution in [3.8, 4) is 0 Å². The molecule has 1 aliphatic carbocycles. The Morgan fingerprint density at radius 1 is 1.31 bits per heavy atom. The first kappa shape index (κ1) is 18.7. The molecule has 2 saturated heterocycles. The summed E-state index contributed by atoms with van der Waals surface area (Å²) in [7, 11) is 0. The zero-order valence-corrected chi connectivity index (χ0v) is 15.5. The number of carbonyl (C=O) groups is 3. The molecule has 2 atom stereocenters. The molecule has 0 saturated carbocycles. The third kappa shape index (κ3) is 2.75. The van der Waals surface area contributed by atoms with Gasteiger partial charge in [0.05, 0.1) is 0 Å². The van der Waals surface area contributed by atoms with Gasteiger partial charge in [0.15, 0.2) is 0 Å². The first-order chi connectivity index (χ1) is 12.0. The van der Waals surface area contributed by atoms with E-state index < -0.39 is 11.6 Å². The van der Waals surface area contributed by atoms with Crippen molar-refractivity contribution in [2.75, 3.05) is 26.2 Å². The number of piperazine rings is 1. The Kier molecular flexibility index (Phi) is 4.94. The average Bonchev–Trinajstić information content (AvgIpc) is 3.09. The number of benzene rings is 1. The van der Waals surface area contributed by atoms with E-state index >= 15 is 0 Å². The maximum Gasteiger partial charge on any atom is 0.325 e. The molecular formula is C18H23ClN4O3. The molecule has 2 heterocycles. The number of halogens is 1. The van der Waals surface area contributed by atoms with Crippen molar-refractivity contribution in [2.24, 2.45) is 0 Å². The van der Waals surface area contributed by atoms with Crippen LogP contribution in [0.25, 0.3) is 0 Å². The van der Waals surface area contributed by atoms with E-state index in [1.807, 2.05) is 31.2 Å². The van der Waals surface area contributed by atoms with E-state index in [9.17, 15) is 14.4 Å². The van der Waals surface area contributed by atoms with Crippen LogP contribution < -0.4 is 10.6 Å². The van der Waals surface area contributed by atoms with Crippen LogP contribution in [-0.2, 0) is 21.5 Å². The van der Waals surface area contributed by atoms with E-state index in [0.29, 0.717) is 13.0 Å². The molecule has 140 valence electrons. The quantitative estimate of drug-likeness (QED) is 0.739. The first-order valence-electron chi connectivity index (χ1n) is 8.75. The van der Waals surface area contributed by atoms with Crippen molar-refractivity contribution in [2.45, 2.75) is 31.3 Å². The number of rotatable bonds is 2. The fraction of sp³-hybridized carbons (Fsp3) is 0.500. The topological polar surface area (TPSA) is 81.8 Å². The van der Waals surface area contributed by atoms with Crippen molar-refractivity contribution < 1.29 is 14.4 Å². The van der Waals surface area contributed by atoms with Gasteiger partial charge in [0, 0.05) is 25.7 Å². The Morgan fingerprint density at radius 2 is 2.08 bits per heavy atom. The number of nitrogens with one attached hydrogen (secondary N) is 2. The third-order valence-corrected chi connectivity index (χ3v) is 5.54. The van der Waals surface area contributed by atoms with E-state index in [1.165, 1.54) is 0 Å². The molecule has 1 aromatic rings. The molecule has 4 amide bonds. The Bertz CT molecular complexity index is 756. The summed E-state index contributed by atoms with van der Waals surface area (Å²) in [4.78, 5) is 41.0. The standard InChI is InChI=1S/C18H22N4O3.ClH/c1-12-10-19-8-9-21(12)15(23)11-22-16(24)18(20-17(22)25)7-6-13-4-2-3-5-14(13)18;/h2-5,12,19H,6-11H2,1H3,(H,20,25);1H/t12-,18?;/m1./s1. The normalized spacial score (nSPS) is 27.3. The smallest absolute Gasteiger partial charge is 0.325 e. The highest BCUT2D eigenvalue weighted by Crippen LogP contribution is 2.41. The number of imide groups is 1. The molecule has 8 heteroatoms. The number of hydrogen-bond acceptors (Lipinski definition) is 4. The number of hydrogen-bond donors (Lipinski definition) is 2. The van der Waals surface area contributed by atoms with Crippen LogP contribution in [0.4, 0.5) is 4.79 Å². The summed E-state index contributed by atoms with van der Waals surface area (Å²) in [5.41, 5.74) is 0.946. The van der Waals surface area contributed by atoms with Crippen LogP contribution in [0.1, 0.15) is 24.5 Å². The molecule has 1 spiro atoms. The summed E-state index contributed by atoms with van der Waals surface area (Å²) in [6.07, 6.45) is 1.30. The van der Waals surface area contributed by atoms with Gasteiger partial charge in [-0.25, -0.2) is 4.79 Å². The summed E-state index contributed by atoms with van der Waals surface area (Å²) >= 11 is 0. The molecule has 2 aliphatic heterocycles. The third-order valence-electron chi connectivity index (χ3n) is 5.54. The lowest BCUT2D eigenvalue weighted by Crippen LogP contribution is -2.55. The van der Waals surface area contributed by atoms with Crippen molar-refractivity contribution in [3.63, 3.8) is 0 Å². The highest BCUT2D eigenvalue weighted by molar-refractivity contribution is 6.09. The van der Waals surface area contributed by atoms with Crippen molar-refractivity contribution in [3.05, 3.63) is 35.4 Å². The van der Waals surface area contributed by atoms with Gasteiger partial charge in [0.1, 0.15) is 12.1 Å². The van der Waals surface area contributed by atoms with Gasteiger partial charge in [-0.2, -0.15) is 0 Å². The van der Waals surface area contributed by atoms with E-state index in [0.717, 1.165) is 35.5 Å². The SMILES string of the molecule is C[C@@H]1CNCCN1C(=O)CN1C(=O)NC2(CCc3ccccc32)C1=O.Cl. The Hall–Kier alpha value is -2.12. The maximum absolute atomic E-state index is 13.1. The average molecular weight is 379 g/mol. The fourth-order valence-corrected chi connectivity index (χ4v) is 4.17. The van der Waals surface area contributed by atoms with Crippen molar-refractivity contribution >= 4 is 30.3 Å². The molecule has 0 bridgehead atoms. The molecule has 4 rings (SSSR count). The summed E-state index contributed by atoms with van der Waals surface area (Å²) in [6, 6.07) is 7.28. The van der Waals surface area contributed by atoms with Gasteiger partial charge in [-0.05, 0) is 30.9 Å². The van der Waals surface area contributed by atoms with Crippen LogP contribution >= 0.6 is 12.4 Å². The van der Waals surface area contributed by atoms with Gasteiger partial charge in [-0.3, -0.25) is 14.5 Å². The molecule has 3 aliphatic rings. The van der Waals surface area contributed by atoms with Crippen LogP contribution in [0.3, 0.4) is 0 Å². The maximum atomic E-state index is 13.1. The predicted molar refractivity (Wildman–Crippen MR) is 98.0 cm³/mol. The zero-order valence-electron chi connectivity index (χ0n) is 14.7. The van der Waals surface area contributed by atoms with Gasteiger partial charge in [0.25, 0.3) is 5.91 Å². The number of nitrogens with zero attached hydrogens (tertiary/aromatic N) is 2. The summed E-state index contributed by atoms with van der Waals surface area (Å²) in [5, 5.41) is 6.09. The second kappa shape index (κ2) is 6.89. The molecule has 26 heavy (non-hydrogen) atoms. The number of fused-ring (bicyclic) bond motifs is 2. The Morgan fingerprint density at radius 3 is 2.85 bits per heavy atom. The molecule has 1 aromatic carbocycles. The van der Waals surface area contributed by atoms with Crippen LogP contribution in [0.2, 0.25) is 0 Å². The van der Waals surface area contributed by atoms with Crippen LogP contribution in [0, 0.1) is 0 Å². The fourth-order valence-electron chi connectivity index (χ4n) is 4.17. The van der Waals surface area contributed by atoms with Gasteiger partial charge in [0.2, 0.25) is 5.91 Å². The van der Waals surface area contributed by atoms with Gasteiger partial charge in [-0.15, -0.1) is 12.4 Å². The number of carbonyl (C=O) groups excluding carboxylic acids is 3. The summed E-state index contributed by atoms with van der Waals surface area (Å²) in [5.74, 6) is -0.487. The molecule has 7 nitrogen and oxygen atoms in total. The summed E-state index contributed by atoms with van der Waals surface area (Å²) < 4.78 is 0. The second-order valence-electron chi connectivity index (χ2n) is 7.02.